The fourth-order valence-electron chi connectivity index (χ4n) is 3.32. The van der Waals surface area contributed by atoms with Gasteiger partial charge in [0, 0.05) is 23.8 Å². The normalized spacial score (nSPS) is 25.0. The predicted octanol–water partition coefficient (Wildman–Crippen LogP) is 2.76. The van der Waals surface area contributed by atoms with Crippen molar-refractivity contribution in [2.45, 2.75) is 70.6 Å². The van der Waals surface area contributed by atoms with Crippen molar-refractivity contribution in [2.75, 3.05) is 4.90 Å². The smallest absolute Gasteiger partial charge is 0.407 e. The minimum atomic E-state index is -0.548. The maximum Gasteiger partial charge on any atom is 0.407 e. The van der Waals surface area contributed by atoms with Gasteiger partial charge < -0.3 is 10.1 Å². The van der Waals surface area contributed by atoms with Gasteiger partial charge in [0.1, 0.15) is 11.4 Å². The molecule has 0 atom stereocenters. The zero-order chi connectivity index (χ0) is 17.7. The predicted molar refractivity (Wildman–Crippen MR) is 90.9 cm³/mol. The molecule has 0 unspecified atom stereocenters. The van der Waals surface area contributed by atoms with Crippen molar-refractivity contribution in [1.82, 2.24) is 10.3 Å². The highest BCUT2D eigenvalue weighted by atomic mass is 16.6. The standard InChI is InChI=1S/C18H25N3O3/c1-17(2,3)24-16(23)20-11-9-12(10-11)21-14-13(7-6-8-19-14)18(4,5)15(21)22/h6-8,11-12H,9-10H2,1-5H3,(H,20,23)/t11-,12-. The Morgan fingerprint density at radius 2 is 2.04 bits per heavy atom. The van der Waals surface area contributed by atoms with E-state index in [-0.39, 0.29) is 18.0 Å². The number of pyridine rings is 1. The van der Waals surface area contributed by atoms with Gasteiger partial charge in [-0.3, -0.25) is 9.69 Å². The fourth-order valence-corrected chi connectivity index (χ4v) is 3.32. The molecule has 2 aliphatic rings. The topological polar surface area (TPSA) is 71.5 Å². The quantitative estimate of drug-likeness (QED) is 0.904. The summed E-state index contributed by atoms with van der Waals surface area (Å²) >= 11 is 0. The van der Waals surface area contributed by atoms with Crippen molar-refractivity contribution < 1.29 is 14.3 Å². The number of nitrogens with one attached hydrogen (secondary N) is 1. The van der Waals surface area contributed by atoms with Gasteiger partial charge in [-0.25, -0.2) is 9.78 Å². The number of alkyl carbamates (subject to hydrolysis) is 1. The molecule has 0 spiro atoms. The number of hydrogen-bond donors (Lipinski definition) is 1. The lowest BCUT2D eigenvalue weighted by atomic mass is 9.84. The number of nitrogens with zero attached hydrogens (tertiary/aromatic N) is 2. The van der Waals surface area contributed by atoms with Crippen molar-refractivity contribution >= 4 is 17.8 Å². The Kier molecular flexibility index (Phi) is 3.81. The van der Waals surface area contributed by atoms with E-state index in [0.717, 1.165) is 24.2 Å². The molecule has 6 nitrogen and oxygen atoms in total. The number of hydrogen-bond acceptors (Lipinski definition) is 4. The minimum absolute atomic E-state index is 0.0357. The molecular formula is C18H25N3O3. The average molecular weight is 331 g/mol. The monoisotopic (exact) mass is 331 g/mol. The molecule has 0 radical (unpaired) electrons. The summed E-state index contributed by atoms with van der Waals surface area (Å²) in [4.78, 5) is 30.9. The van der Waals surface area contributed by atoms with Crippen LogP contribution in [0, 0.1) is 0 Å². The van der Waals surface area contributed by atoms with E-state index in [1.807, 2.05) is 51.7 Å². The van der Waals surface area contributed by atoms with Gasteiger partial charge in [0.05, 0.1) is 5.41 Å². The molecule has 1 aromatic heterocycles. The number of anilines is 1. The van der Waals surface area contributed by atoms with E-state index >= 15 is 0 Å². The maximum absolute atomic E-state index is 12.8. The highest BCUT2D eigenvalue weighted by Crippen LogP contribution is 2.44. The molecular weight excluding hydrogens is 306 g/mol. The van der Waals surface area contributed by atoms with Crippen LogP contribution in [0.25, 0.3) is 0 Å². The summed E-state index contributed by atoms with van der Waals surface area (Å²) < 4.78 is 5.27. The zero-order valence-corrected chi connectivity index (χ0v) is 14.9. The van der Waals surface area contributed by atoms with Crippen LogP contribution in [-0.2, 0) is 14.9 Å². The third-order valence-corrected chi connectivity index (χ3v) is 4.64. The van der Waals surface area contributed by atoms with Crippen molar-refractivity contribution in [3.05, 3.63) is 23.9 Å². The molecule has 0 saturated heterocycles. The Labute approximate surface area is 142 Å². The Morgan fingerprint density at radius 3 is 2.67 bits per heavy atom. The maximum atomic E-state index is 12.8. The van der Waals surface area contributed by atoms with Crippen molar-refractivity contribution in [3.8, 4) is 0 Å². The summed E-state index contributed by atoms with van der Waals surface area (Å²) in [6.07, 6.45) is 2.75. The number of carbonyl (C=O) groups excluding carboxylic acids is 2. The molecule has 1 aliphatic carbocycles. The van der Waals surface area contributed by atoms with E-state index < -0.39 is 17.1 Å². The summed E-state index contributed by atoms with van der Waals surface area (Å²) in [5.41, 5.74) is -0.0864. The number of carbonyl (C=O) groups is 2. The Balaban J connectivity index is 1.65. The highest BCUT2D eigenvalue weighted by Gasteiger charge is 2.50. The first-order valence-corrected chi connectivity index (χ1v) is 8.38. The zero-order valence-electron chi connectivity index (χ0n) is 14.9. The first kappa shape index (κ1) is 16.7. The second-order valence-electron chi connectivity index (χ2n) is 8.14. The first-order valence-electron chi connectivity index (χ1n) is 8.38. The van der Waals surface area contributed by atoms with E-state index in [4.69, 9.17) is 4.74 Å². The number of aromatic nitrogens is 1. The lowest BCUT2D eigenvalue weighted by molar-refractivity contribution is -0.123. The van der Waals surface area contributed by atoms with Crippen LogP contribution in [0.3, 0.4) is 0 Å². The van der Waals surface area contributed by atoms with Gasteiger partial charge in [0.15, 0.2) is 0 Å². The van der Waals surface area contributed by atoms with Gasteiger partial charge in [-0.1, -0.05) is 6.07 Å². The molecule has 3 rings (SSSR count). The van der Waals surface area contributed by atoms with E-state index in [2.05, 4.69) is 10.3 Å². The molecule has 6 heteroatoms. The molecule has 1 fully saturated rings. The number of rotatable bonds is 2. The van der Waals surface area contributed by atoms with E-state index in [0.29, 0.717) is 0 Å². The van der Waals surface area contributed by atoms with E-state index in [1.54, 1.807) is 6.20 Å². The van der Waals surface area contributed by atoms with Crippen molar-refractivity contribution in [2.24, 2.45) is 0 Å². The van der Waals surface area contributed by atoms with Gasteiger partial charge in [0.25, 0.3) is 0 Å². The second-order valence-corrected chi connectivity index (χ2v) is 8.14. The van der Waals surface area contributed by atoms with Crippen LogP contribution in [0.2, 0.25) is 0 Å². The Bertz CT molecular complexity index is 672. The summed E-state index contributed by atoms with van der Waals surface area (Å²) in [5.74, 6) is 0.838. The molecule has 0 bridgehead atoms. The third kappa shape index (κ3) is 2.85. The number of fused-ring (bicyclic) bond motifs is 1. The largest absolute Gasteiger partial charge is 0.444 e. The van der Waals surface area contributed by atoms with Crippen LogP contribution in [0.5, 0.6) is 0 Å². The Hall–Kier alpha value is -2.11. The summed E-state index contributed by atoms with van der Waals surface area (Å²) in [5, 5.41) is 2.87. The molecule has 1 saturated carbocycles. The average Bonchev–Trinajstić information content (AvgIpc) is 2.61. The van der Waals surface area contributed by atoms with Gasteiger partial charge in [-0.05, 0) is 53.5 Å². The molecule has 0 aromatic carbocycles. The van der Waals surface area contributed by atoms with Gasteiger partial charge in [-0.15, -0.1) is 0 Å². The van der Waals surface area contributed by atoms with E-state index in [9.17, 15) is 9.59 Å². The van der Waals surface area contributed by atoms with Crippen LogP contribution in [0.4, 0.5) is 10.6 Å². The molecule has 130 valence electrons. The van der Waals surface area contributed by atoms with Crippen LogP contribution >= 0.6 is 0 Å². The lowest BCUT2D eigenvalue weighted by Gasteiger charge is -2.41. The van der Waals surface area contributed by atoms with E-state index in [1.165, 1.54) is 0 Å². The Morgan fingerprint density at radius 1 is 1.38 bits per heavy atom. The molecule has 1 N–H and O–H groups in total. The minimum Gasteiger partial charge on any atom is -0.444 e. The van der Waals surface area contributed by atoms with Gasteiger partial charge in [0.2, 0.25) is 5.91 Å². The van der Waals surface area contributed by atoms with Crippen LogP contribution in [-0.4, -0.2) is 34.7 Å². The lowest BCUT2D eigenvalue weighted by Crippen LogP contribution is -2.56. The highest BCUT2D eigenvalue weighted by molar-refractivity contribution is 6.07. The molecule has 24 heavy (non-hydrogen) atoms. The number of ether oxygens (including phenoxy) is 1. The van der Waals surface area contributed by atoms with Crippen LogP contribution in [0.1, 0.15) is 53.0 Å². The van der Waals surface area contributed by atoms with Gasteiger partial charge >= 0.3 is 6.09 Å². The third-order valence-electron chi connectivity index (χ3n) is 4.64. The van der Waals surface area contributed by atoms with Crippen molar-refractivity contribution in [3.63, 3.8) is 0 Å². The summed E-state index contributed by atoms with van der Waals surface area (Å²) in [6.45, 7) is 9.38. The first-order chi connectivity index (χ1) is 11.1. The molecule has 2 heterocycles. The molecule has 2 amide bonds. The van der Waals surface area contributed by atoms with Crippen LogP contribution in [0.15, 0.2) is 18.3 Å². The molecule has 1 aliphatic heterocycles. The fraction of sp³-hybridized carbons (Fsp3) is 0.611. The number of amides is 2. The van der Waals surface area contributed by atoms with Crippen molar-refractivity contribution in [1.29, 1.82) is 0 Å². The second kappa shape index (κ2) is 5.46. The summed E-state index contributed by atoms with van der Waals surface area (Å²) in [7, 11) is 0. The SMILES string of the molecule is CC(C)(C)OC(=O)N[C@H]1C[C@H](N2C(=O)C(C)(C)c3cccnc32)C1. The van der Waals surface area contributed by atoms with Crippen LogP contribution < -0.4 is 10.2 Å². The van der Waals surface area contributed by atoms with Gasteiger partial charge in [-0.2, -0.15) is 0 Å². The molecule has 1 aromatic rings. The summed E-state index contributed by atoms with van der Waals surface area (Å²) in [6, 6.07) is 3.95.